The average molecular weight is 397 g/mol. The van der Waals surface area contributed by atoms with E-state index in [-0.39, 0.29) is 35.6 Å². The van der Waals surface area contributed by atoms with Gasteiger partial charge in [0.15, 0.2) is 0 Å². The summed E-state index contributed by atoms with van der Waals surface area (Å²) in [5, 5.41) is 3.33. The second-order valence-corrected chi connectivity index (χ2v) is 6.57. The standard InChI is InChI=1S/C19H19Cl2FN2O2/c1-13(25)24(11-9-14-5-7-15(22)8-6-14)12-10-18(26)23-17-4-2-3-16(20)19(17)21/h2-8H,9-12H2,1H3,(H,23,26). The highest BCUT2D eigenvalue weighted by molar-refractivity contribution is 6.43. The predicted octanol–water partition coefficient (Wildman–Crippen LogP) is 4.55. The first kappa shape index (κ1) is 20.2. The molecule has 7 heteroatoms. The molecule has 0 heterocycles. The fourth-order valence-electron chi connectivity index (χ4n) is 2.39. The van der Waals surface area contributed by atoms with Gasteiger partial charge in [-0.25, -0.2) is 4.39 Å². The van der Waals surface area contributed by atoms with E-state index in [4.69, 9.17) is 23.2 Å². The van der Waals surface area contributed by atoms with Gasteiger partial charge >= 0.3 is 0 Å². The van der Waals surface area contributed by atoms with Crippen LogP contribution in [0.5, 0.6) is 0 Å². The molecule has 0 saturated heterocycles. The van der Waals surface area contributed by atoms with Gasteiger partial charge in [0, 0.05) is 26.4 Å². The number of nitrogens with zero attached hydrogens (tertiary/aromatic N) is 1. The number of hydrogen-bond acceptors (Lipinski definition) is 2. The van der Waals surface area contributed by atoms with E-state index in [2.05, 4.69) is 5.32 Å². The molecule has 0 aliphatic carbocycles. The van der Waals surface area contributed by atoms with Crippen LogP contribution in [0.3, 0.4) is 0 Å². The molecule has 2 aromatic rings. The summed E-state index contributed by atoms with van der Waals surface area (Å²) < 4.78 is 12.9. The minimum absolute atomic E-state index is 0.124. The topological polar surface area (TPSA) is 49.4 Å². The average Bonchev–Trinajstić information content (AvgIpc) is 2.60. The molecule has 0 aromatic heterocycles. The van der Waals surface area contributed by atoms with E-state index in [0.29, 0.717) is 23.7 Å². The molecule has 0 fully saturated rings. The van der Waals surface area contributed by atoms with E-state index >= 15 is 0 Å². The first-order valence-electron chi connectivity index (χ1n) is 8.10. The van der Waals surface area contributed by atoms with Gasteiger partial charge in [0.25, 0.3) is 0 Å². The lowest BCUT2D eigenvalue weighted by atomic mass is 10.1. The zero-order valence-corrected chi connectivity index (χ0v) is 15.8. The summed E-state index contributed by atoms with van der Waals surface area (Å²) >= 11 is 12.0. The van der Waals surface area contributed by atoms with Crippen molar-refractivity contribution in [3.8, 4) is 0 Å². The van der Waals surface area contributed by atoms with Gasteiger partial charge in [-0.05, 0) is 36.2 Å². The van der Waals surface area contributed by atoms with E-state index in [1.165, 1.54) is 19.1 Å². The molecule has 4 nitrogen and oxygen atoms in total. The number of carbonyl (C=O) groups excluding carboxylic acids is 2. The zero-order chi connectivity index (χ0) is 19.1. The van der Waals surface area contributed by atoms with Crippen LogP contribution in [0.2, 0.25) is 10.0 Å². The number of rotatable bonds is 7. The molecule has 0 aliphatic rings. The maximum Gasteiger partial charge on any atom is 0.226 e. The highest BCUT2D eigenvalue weighted by Gasteiger charge is 2.13. The Kier molecular flexibility index (Phi) is 7.42. The lowest BCUT2D eigenvalue weighted by Gasteiger charge is -2.21. The highest BCUT2D eigenvalue weighted by Crippen LogP contribution is 2.29. The molecule has 2 aromatic carbocycles. The van der Waals surface area contributed by atoms with Gasteiger partial charge in [-0.3, -0.25) is 9.59 Å². The van der Waals surface area contributed by atoms with Crippen LogP contribution in [0, 0.1) is 5.82 Å². The second-order valence-electron chi connectivity index (χ2n) is 5.78. The van der Waals surface area contributed by atoms with Gasteiger partial charge in [0.2, 0.25) is 11.8 Å². The maximum absolute atomic E-state index is 12.9. The molecule has 0 saturated carbocycles. The van der Waals surface area contributed by atoms with Crippen LogP contribution < -0.4 is 5.32 Å². The van der Waals surface area contributed by atoms with Gasteiger partial charge in [0.05, 0.1) is 15.7 Å². The van der Waals surface area contributed by atoms with Crippen LogP contribution >= 0.6 is 23.2 Å². The largest absolute Gasteiger partial charge is 0.342 e. The summed E-state index contributed by atoms with van der Waals surface area (Å²) in [5.41, 5.74) is 1.36. The molecule has 0 atom stereocenters. The maximum atomic E-state index is 12.9. The lowest BCUT2D eigenvalue weighted by molar-refractivity contribution is -0.129. The second kappa shape index (κ2) is 9.55. The SMILES string of the molecule is CC(=O)N(CCC(=O)Nc1cccc(Cl)c1Cl)CCc1ccc(F)cc1. The number of benzene rings is 2. The van der Waals surface area contributed by atoms with Crippen molar-refractivity contribution < 1.29 is 14.0 Å². The molecular weight excluding hydrogens is 378 g/mol. The van der Waals surface area contributed by atoms with Gasteiger partial charge in [-0.2, -0.15) is 0 Å². The monoisotopic (exact) mass is 396 g/mol. The van der Waals surface area contributed by atoms with Crippen LogP contribution in [-0.4, -0.2) is 29.8 Å². The molecule has 2 rings (SSSR count). The molecule has 26 heavy (non-hydrogen) atoms. The van der Waals surface area contributed by atoms with Gasteiger partial charge in [-0.1, -0.05) is 41.4 Å². The Morgan fingerprint density at radius 2 is 1.77 bits per heavy atom. The number of halogens is 3. The molecule has 0 spiro atoms. The van der Waals surface area contributed by atoms with Crippen molar-refractivity contribution >= 4 is 40.7 Å². The van der Waals surface area contributed by atoms with Crippen LogP contribution in [-0.2, 0) is 16.0 Å². The van der Waals surface area contributed by atoms with Crippen LogP contribution in [0.1, 0.15) is 18.9 Å². The molecule has 0 unspecified atom stereocenters. The summed E-state index contributed by atoms with van der Waals surface area (Å²) in [7, 11) is 0. The smallest absolute Gasteiger partial charge is 0.226 e. The summed E-state index contributed by atoms with van der Waals surface area (Å²) in [4.78, 5) is 25.5. The van der Waals surface area contributed by atoms with E-state index in [1.807, 2.05) is 0 Å². The Labute approximate surface area is 161 Å². The van der Waals surface area contributed by atoms with Crippen molar-refractivity contribution in [3.63, 3.8) is 0 Å². The van der Waals surface area contributed by atoms with Crippen molar-refractivity contribution in [2.75, 3.05) is 18.4 Å². The van der Waals surface area contributed by atoms with Gasteiger partial charge in [0.1, 0.15) is 5.82 Å². The lowest BCUT2D eigenvalue weighted by Crippen LogP contribution is -2.33. The molecule has 0 radical (unpaired) electrons. The molecule has 138 valence electrons. The normalized spacial score (nSPS) is 10.5. The quantitative estimate of drug-likeness (QED) is 0.745. The van der Waals surface area contributed by atoms with Crippen LogP contribution in [0.4, 0.5) is 10.1 Å². The van der Waals surface area contributed by atoms with Crippen molar-refractivity contribution in [2.24, 2.45) is 0 Å². The number of nitrogens with one attached hydrogen (secondary N) is 1. The fraction of sp³-hybridized carbons (Fsp3) is 0.263. The van der Waals surface area contributed by atoms with E-state index in [9.17, 15) is 14.0 Å². The minimum atomic E-state index is -0.298. The van der Waals surface area contributed by atoms with E-state index in [1.54, 1.807) is 35.2 Å². The molecule has 0 bridgehead atoms. The van der Waals surface area contributed by atoms with Gasteiger partial charge < -0.3 is 10.2 Å². The number of anilines is 1. The summed E-state index contributed by atoms with van der Waals surface area (Å²) in [6.07, 6.45) is 0.716. The summed E-state index contributed by atoms with van der Waals surface area (Å²) in [6.45, 7) is 2.18. The Balaban J connectivity index is 1.87. The first-order chi connectivity index (χ1) is 12.4. The molecule has 2 amide bonds. The van der Waals surface area contributed by atoms with Crippen molar-refractivity contribution in [3.05, 3.63) is 63.9 Å². The van der Waals surface area contributed by atoms with E-state index < -0.39 is 0 Å². The number of carbonyl (C=O) groups is 2. The molecule has 0 aliphatic heterocycles. The third-order valence-electron chi connectivity index (χ3n) is 3.86. The molecule has 1 N–H and O–H groups in total. The third-order valence-corrected chi connectivity index (χ3v) is 4.68. The van der Waals surface area contributed by atoms with Crippen LogP contribution in [0.25, 0.3) is 0 Å². The Bertz CT molecular complexity index is 782. The van der Waals surface area contributed by atoms with Crippen molar-refractivity contribution in [1.29, 1.82) is 0 Å². The van der Waals surface area contributed by atoms with E-state index in [0.717, 1.165) is 5.56 Å². The minimum Gasteiger partial charge on any atom is -0.342 e. The van der Waals surface area contributed by atoms with Gasteiger partial charge in [-0.15, -0.1) is 0 Å². The number of amides is 2. The van der Waals surface area contributed by atoms with Crippen LogP contribution in [0.15, 0.2) is 42.5 Å². The summed E-state index contributed by atoms with van der Waals surface area (Å²) in [5.74, 6) is -0.684. The number of hydrogen-bond donors (Lipinski definition) is 1. The Hall–Kier alpha value is -2.11. The van der Waals surface area contributed by atoms with Crippen molar-refractivity contribution in [2.45, 2.75) is 19.8 Å². The highest BCUT2D eigenvalue weighted by atomic mass is 35.5. The Morgan fingerprint density at radius 3 is 2.42 bits per heavy atom. The zero-order valence-electron chi connectivity index (χ0n) is 14.3. The molecular formula is C19H19Cl2FN2O2. The first-order valence-corrected chi connectivity index (χ1v) is 8.86. The fourth-order valence-corrected chi connectivity index (χ4v) is 2.74. The Morgan fingerprint density at radius 1 is 1.08 bits per heavy atom. The predicted molar refractivity (Wildman–Crippen MR) is 102 cm³/mol. The third kappa shape index (κ3) is 6.00. The summed E-state index contributed by atoms with van der Waals surface area (Å²) in [6, 6.07) is 11.1. The van der Waals surface area contributed by atoms with Crippen molar-refractivity contribution in [1.82, 2.24) is 4.90 Å².